The van der Waals surface area contributed by atoms with Crippen LogP contribution in [0.4, 0.5) is 10.2 Å². The highest BCUT2D eigenvalue weighted by atomic mass is 35.5. The lowest BCUT2D eigenvalue weighted by atomic mass is 9.98. The van der Waals surface area contributed by atoms with Gasteiger partial charge in [0.1, 0.15) is 11.6 Å². The molecule has 0 saturated carbocycles. The maximum Gasteiger partial charge on any atom is 0.128 e. The van der Waals surface area contributed by atoms with Gasteiger partial charge in [0.2, 0.25) is 0 Å². The first kappa shape index (κ1) is 14.8. The number of nitrogen functional groups attached to an aromatic ring is 1. The number of hydrogen-bond donors (Lipinski definition) is 2. The van der Waals surface area contributed by atoms with E-state index < -0.39 is 0 Å². The average molecular weight is 294 g/mol. The Balaban J connectivity index is 2.47. The smallest absolute Gasteiger partial charge is 0.128 e. The maximum atomic E-state index is 14.1. The standard InChI is InChI=1S/C15H17ClFN3/c1-2-7-19-14(11-4-3-8-20-15(11)18)12-9-10(16)5-6-13(12)17/h3-6,8-9,14,19H,2,7H2,1H3,(H2,18,20). The monoisotopic (exact) mass is 293 g/mol. The summed E-state index contributed by atoms with van der Waals surface area (Å²) in [6, 6.07) is 7.79. The fourth-order valence-electron chi connectivity index (χ4n) is 2.09. The Kier molecular flexibility index (Phi) is 4.93. The van der Waals surface area contributed by atoms with E-state index in [9.17, 15) is 4.39 Å². The number of halogens is 2. The highest BCUT2D eigenvalue weighted by molar-refractivity contribution is 6.30. The van der Waals surface area contributed by atoms with Gasteiger partial charge in [-0.2, -0.15) is 0 Å². The van der Waals surface area contributed by atoms with Crippen LogP contribution in [-0.2, 0) is 0 Å². The van der Waals surface area contributed by atoms with Crippen LogP contribution in [0.15, 0.2) is 36.5 Å². The molecule has 1 atom stereocenters. The minimum absolute atomic E-state index is 0.314. The number of aromatic nitrogens is 1. The highest BCUT2D eigenvalue weighted by Gasteiger charge is 2.20. The fourth-order valence-corrected chi connectivity index (χ4v) is 2.27. The van der Waals surface area contributed by atoms with Gasteiger partial charge in [0.25, 0.3) is 0 Å². The van der Waals surface area contributed by atoms with Crippen LogP contribution < -0.4 is 11.1 Å². The van der Waals surface area contributed by atoms with Crippen molar-refractivity contribution >= 4 is 17.4 Å². The molecule has 3 N–H and O–H groups in total. The average Bonchev–Trinajstić information content (AvgIpc) is 2.44. The summed E-state index contributed by atoms with van der Waals surface area (Å²) in [6.07, 6.45) is 2.54. The largest absolute Gasteiger partial charge is 0.383 e. The van der Waals surface area contributed by atoms with Gasteiger partial charge in [-0.1, -0.05) is 24.6 Å². The normalized spacial score (nSPS) is 12.3. The van der Waals surface area contributed by atoms with Crippen molar-refractivity contribution < 1.29 is 4.39 Å². The number of hydrogen-bond acceptors (Lipinski definition) is 3. The first-order chi connectivity index (χ1) is 9.63. The van der Waals surface area contributed by atoms with E-state index >= 15 is 0 Å². The molecule has 0 amide bonds. The summed E-state index contributed by atoms with van der Waals surface area (Å²) >= 11 is 5.98. The molecule has 0 fully saturated rings. The molecule has 20 heavy (non-hydrogen) atoms. The zero-order chi connectivity index (χ0) is 14.5. The first-order valence-corrected chi connectivity index (χ1v) is 6.90. The molecule has 1 unspecified atom stereocenters. The molecular weight excluding hydrogens is 277 g/mol. The Labute approximate surface area is 123 Å². The van der Waals surface area contributed by atoms with Crippen LogP contribution >= 0.6 is 11.6 Å². The summed E-state index contributed by atoms with van der Waals surface area (Å²) in [5.74, 6) is 0.0757. The summed E-state index contributed by atoms with van der Waals surface area (Å²) in [6.45, 7) is 2.79. The van der Waals surface area contributed by atoms with Gasteiger partial charge in [-0.15, -0.1) is 0 Å². The lowest BCUT2D eigenvalue weighted by Crippen LogP contribution is -2.25. The van der Waals surface area contributed by atoms with Crippen molar-refractivity contribution in [3.63, 3.8) is 0 Å². The quantitative estimate of drug-likeness (QED) is 0.886. The number of nitrogens with one attached hydrogen (secondary N) is 1. The van der Waals surface area contributed by atoms with Gasteiger partial charge in [0.05, 0.1) is 6.04 Å². The second-order valence-electron chi connectivity index (χ2n) is 4.53. The Morgan fingerprint density at radius 3 is 2.85 bits per heavy atom. The molecular formula is C15H17ClFN3. The van der Waals surface area contributed by atoms with Gasteiger partial charge < -0.3 is 11.1 Å². The summed E-state index contributed by atoms with van der Waals surface area (Å²) < 4.78 is 14.1. The van der Waals surface area contributed by atoms with Gasteiger partial charge in [0.15, 0.2) is 0 Å². The van der Waals surface area contributed by atoms with Crippen molar-refractivity contribution in [1.29, 1.82) is 0 Å². The second kappa shape index (κ2) is 6.68. The number of pyridine rings is 1. The molecule has 1 aromatic heterocycles. The zero-order valence-electron chi connectivity index (χ0n) is 11.2. The van der Waals surface area contributed by atoms with Crippen LogP contribution in [0, 0.1) is 5.82 Å². The van der Waals surface area contributed by atoms with E-state index in [-0.39, 0.29) is 11.9 Å². The van der Waals surface area contributed by atoms with E-state index in [1.54, 1.807) is 18.3 Å². The molecule has 0 bridgehead atoms. The molecule has 5 heteroatoms. The molecule has 0 aliphatic rings. The van der Waals surface area contributed by atoms with Gasteiger partial charge >= 0.3 is 0 Å². The van der Waals surface area contributed by atoms with Crippen molar-refractivity contribution in [2.24, 2.45) is 0 Å². The van der Waals surface area contributed by atoms with Gasteiger partial charge in [0, 0.05) is 22.3 Å². The third-order valence-electron chi connectivity index (χ3n) is 3.05. The van der Waals surface area contributed by atoms with E-state index in [0.29, 0.717) is 16.4 Å². The van der Waals surface area contributed by atoms with E-state index in [1.807, 2.05) is 13.0 Å². The lowest BCUT2D eigenvalue weighted by molar-refractivity contribution is 0.547. The summed E-state index contributed by atoms with van der Waals surface area (Å²) in [5.41, 5.74) is 7.14. The Hall–Kier alpha value is -1.65. The van der Waals surface area contributed by atoms with Crippen molar-refractivity contribution in [3.05, 3.63) is 58.5 Å². The number of benzene rings is 1. The minimum Gasteiger partial charge on any atom is -0.383 e. The third-order valence-corrected chi connectivity index (χ3v) is 3.28. The van der Waals surface area contributed by atoms with Crippen LogP contribution in [0.25, 0.3) is 0 Å². The molecule has 0 aliphatic carbocycles. The zero-order valence-corrected chi connectivity index (χ0v) is 12.0. The maximum absolute atomic E-state index is 14.1. The van der Waals surface area contributed by atoms with Gasteiger partial charge in [-0.05, 0) is 37.2 Å². The summed E-state index contributed by atoms with van der Waals surface area (Å²) in [4.78, 5) is 4.07. The van der Waals surface area contributed by atoms with Crippen LogP contribution in [0.5, 0.6) is 0 Å². The fraction of sp³-hybridized carbons (Fsp3) is 0.267. The van der Waals surface area contributed by atoms with Crippen LogP contribution in [0.3, 0.4) is 0 Å². The molecule has 106 valence electrons. The van der Waals surface area contributed by atoms with Crippen molar-refractivity contribution in [2.45, 2.75) is 19.4 Å². The molecule has 0 aliphatic heterocycles. The molecule has 0 saturated heterocycles. The lowest BCUT2D eigenvalue weighted by Gasteiger charge is -2.21. The van der Waals surface area contributed by atoms with Crippen molar-refractivity contribution in [2.75, 3.05) is 12.3 Å². The van der Waals surface area contributed by atoms with E-state index in [0.717, 1.165) is 18.5 Å². The predicted octanol–water partition coefficient (Wildman–Crippen LogP) is 3.55. The number of nitrogens with two attached hydrogens (primary N) is 1. The molecule has 0 spiro atoms. The second-order valence-corrected chi connectivity index (χ2v) is 4.97. The van der Waals surface area contributed by atoms with E-state index in [1.165, 1.54) is 12.1 Å². The third kappa shape index (κ3) is 3.26. The number of anilines is 1. The van der Waals surface area contributed by atoms with E-state index in [4.69, 9.17) is 17.3 Å². The highest BCUT2D eigenvalue weighted by Crippen LogP contribution is 2.29. The first-order valence-electron chi connectivity index (χ1n) is 6.52. The molecule has 3 nitrogen and oxygen atoms in total. The van der Waals surface area contributed by atoms with Crippen LogP contribution in [0.2, 0.25) is 5.02 Å². The Morgan fingerprint density at radius 1 is 1.35 bits per heavy atom. The number of rotatable bonds is 5. The van der Waals surface area contributed by atoms with Gasteiger partial charge in [-0.3, -0.25) is 0 Å². The van der Waals surface area contributed by atoms with Crippen LogP contribution in [0.1, 0.15) is 30.5 Å². The molecule has 2 rings (SSSR count). The minimum atomic E-state index is -0.359. The predicted molar refractivity (Wildman–Crippen MR) is 80.2 cm³/mol. The van der Waals surface area contributed by atoms with Crippen molar-refractivity contribution in [3.8, 4) is 0 Å². The Bertz CT molecular complexity index is 589. The Morgan fingerprint density at radius 2 is 2.15 bits per heavy atom. The van der Waals surface area contributed by atoms with E-state index in [2.05, 4.69) is 10.3 Å². The molecule has 1 heterocycles. The molecule has 1 aromatic carbocycles. The SMILES string of the molecule is CCCNC(c1cc(Cl)ccc1F)c1cccnc1N. The molecule has 2 aromatic rings. The molecule has 0 radical (unpaired) electrons. The van der Waals surface area contributed by atoms with Crippen LogP contribution in [-0.4, -0.2) is 11.5 Å². The topological polar surface area (TPSA) is 50.9 Å². The number of nitrogens with zero attached hydrogens (tertiary/aromatic N) is 1. The summed E-state index contributed by atoms with van der Waals surface area (Å²) in [7, 11) is 0. The van der Waals surface area contributed by atoms with Crippen molar-refractivity contribution in [1.82, 2.24) is 10.3 Å². The summed E-state index contributed by atoms with van der Waals surface area (Å²) in [5, 5.41) is 3.78. The van der Waals surface area contributed by atoms with Gasteiger partial charge in [-0.25, -0.2) is 9.37 Å².